The molecule has 25 heavy (non-hydrogen) atoms. The Hall–Kier alpha value is -1.64. The third-order valence-electron chi connectivity index (χ3n) is 4.11. The summed E-state index contributed by atoms with van der Waals surface area (Å²) >= 11 is 5.75. The Morgan fingerprint density at radius 1 is 1.28 bits per heavy atom. The van der Waals surface area contributed by atoms with Crippen molar-refractivity contribution in [2.24, 2.45) is 5.92 Å². The molecule has 140 valence electrons. The van der Waals surface area contributed by atoms with E-state index in [1.165, 1.54) is 31.3 Å². The van der Waals surface area contributed by atoms with Gasteiger partial charge in [0.15, 0.2) is 0 Å². The zero-order chi connectivity index (χ0) is 19.4. The molecule has 0 spiro atoms. The number of carbonyl (C=O) groups excluding carboxylic acids is 1. The summed E-state index contributed by atoms with van der Waals surface area (Å²) in [6.07, 6.45) is -0.260. The molecular formula is C16H23ClN2O5S. The number of benzene rings is 1. The van der Waals surface area contributed by atoms with Crippen molar-refractivity contribution < 1.29 is 23.1 Å². The van der Waals surface area contributed by atoms with Gasteiger partial charge in [-0.05, 0) is 37.1 Å². The van der Waals surface area contributed by atoms with Gasteiger partial charge in [0.05, 0.1) is 17.9 Å². The van der Waals surface area contributed by atoms with Crippen molar-refractivity contribution in [2.75, 3.05) is 13.6 Å². The third kappa shape index (κ3) is 5.69. The van der Waals surface area contributed by atoms with Gasteiger partial charge in [-0.3, -0.25) is 9.59 Å². The Bertz CT molecular complexity index is 733. The van der Waals surface area contributed by atoms with Crippen molar-refractivity contribution in [3.8, 4) is 0 Å². The molecule has 0 aromatic heterocycles. The summed E-state index contributed by atoms with van der Waals surface area (Å²) in [7, 11) is -2.57. The molecule has 1 atom stereocenters. The first-order valence-electron chi connectivity index (χ1n) is 7.63. The molecule has 0 radical (unpaired) electrons. The van der Waals surface area contributed by atoms with Gasteiger partial charge < -0.3 is 10.4 Å². The van der Waals surface area contributed by atoms with E-state index in [9.17, 15) is 18.0 Å². The van der Waals surface area contributed by atoms with E-state index in [0.29, 0.717) is 5.02 Å². The lowest BCUT2D eigenvalue weighted by molar-refractivity contribution is -0.139. The van der Waals surface area contributed by atoms with Gasteiger partial charge in [-0.25, -0.2) is 8.42 Å². The number of carbonyl (C=O) groups is 2. The highest BCUT2D eigenvalue weighted by atomic mass is 35.5. The van der Waals surface area contributed by atoms with Gasteiger partial charge in [0.2, 0.25) is 15.9 Å². The molecule has 1 amide bonds. The van der Waals surface area contributed by atoms with Gasteiger partial charge >= 0.3 is 5.97 Å². The number of nitrogens with zero attached hydrogens (tertiary/aromatic N) is 1. The number of carboxylic acids is 1. The van der Waals surface area contributed by atoms with E-state index in [0.717, 1.165) is 4.31 Å². The quantitative estimate of drug-likeness (QED) is 0.706. The molecule has 7 nitrogen and oxygen atoms in total. The van der Waals surface area contributed by atoms with Crippen LogP contribution in [0.15, 0.2) is 29.2 Å². The van der Waals surface area contributed by atoms with Gasteiger partial charge in [0.1, 0.15) is 0 Å². The second-order valence-electron chi connectivity index (χ2n) is 6.41. The molecule has 0 heterocycles. The second-order valence-corrected chi connectivity index (χ2v) is 8.89. The average Bonchev–Trinajstić information content (AvgIpc) is 2.46. The molecule has 1 aromatic carbocycles. The minimum Gasteiger partial charge on any atom is -0.481 e. The van der Waals surface area contributed by atoms with E-state index in [4.69, 9.17) is 16.7 Å². The lowest BCUT2D eigenvalue weighted by atomic mass is 9.85. The highest BCUT2D eigenvalue weighted by molar-refractivity contribution is 7.89. The van der Waals surface area contributed by atoms with Crippen LogP contribution in [-0.4, -0.2) is 48.8 Å². The molecule has 0 aliphatic heterocycles. The Morgan fingerprint density at radius 2 is 1.80 bits per heavy atom. The van der Waals surface area contributed by atoms with E-state index in [1.807, 2.05) is 0 Å². The second kappa shape index (κ2) is 8.16. The molecule has 1 aromatic rings. The summed E-state index contributed by atoms with van der Waals surface area (Å²) in [5.74, 6) is -1.76. The molecule has 0 fully saturated rings. The highest BCUT2D eigenvalue weighted by Gasteiger charge is 2.34. The molecule has 0 aliphatic rings. The lowest BCUT2D eigenvalue weighted by Gasteiger charge is -2.34. The predicted octanol–water partition coefficient (Wildman–Crippen LogP) is 1.97. The molecule has 1 rings (SSSR count). The van der Waals surface area contributed by atoms with Gasteiger partial charge in [-0.2, -0.15) is 4.31 Å². The number of amides is 1. The number of rotatable bonds is 8. The summed E-state index contributed by atoms with van der Waals surface area (Å²) < 4.78 is 25.8. The van der Waals surface area contributed by atoms with E-state index in [-0.39, 0.29) is 17.2 Å². The predicted molar refractivity (Wildman–Crippen MR) is 94.9 cm³/mol. The van der Waals surface area contributed by atoms with Crippen LogP contribution >= 0.6 is 11.6 Å². The van der Waals surface area contributed by atoms with Crippen molar-refractivity contribution >= 4 is 33.5 Å². The van der Waals surface area contributed by atoms with Gasteiger partial charge in [-0.1, -0.05) is 25.4 Å². The Kier molecular flexibility index (Phi) is 6.99. The maximum atomic E-state index is 12.5. The zero-order valence-corrected chi connectivity index (χ0v) is 16.2. The fourth-order valence-electron chi connectivity index (χ4n) is 2.14. The smallest absolute Gasteiger partial charge is 0.305 e. The van der Waals surface area contributed by atoms with Crippen molar-refractivity contribution in [3.05, 3.63) is 29.3 Å². The average molecular weight is 391 g/mol. The van der Waals surface area contributed by atoms with Crippen LogP contribution in [0.2, 0.25) is 5.02 Å². The number of aliphatic carboxylic acids is 1. The standard InChI is InChI=1S/C16H23ClN2O5S/c1-11(2)16(3,9-15(21)22)18-14(20)10-19(4)25(23,24)13-7-5-12(17)6-8-13/h5-8,11H,9-10H2,1-4H3,(H,18,20)(H,21,22). The van der Waals surface area contributed by atoms with Crippen LogP contribution in [0.3, 0.4) is 0 Å². The van der Waals surface area contributed by atoms with Crippen LogP contribution in [0.1, 0.15) is 27.2 Å². The van der Waals surface area contributed by atoms with Crippen molar-refractivity contribution in [3.63, 3.8) is 0 Å². The van der Waals surface area contributed by atoms with E-state index in [1.54, 1.807) is 20.8 Å². The number of hydrogen-bond donors (Lipinski definition) is 2. The summed E-state index contributed by atoms with van der Waals surface area (Å²) in [6, 6.07) is 5.61. The fraction of sp³-hybridized carbons (Fsp3) is 0.500. The van der Waals surface area contributed by atoms with Crippen molar-refractivity contribution in [2.45, 2.75) is 37.6 Å². The van der Waals surface area contributed by atoms with Crippen molar-refractivity contribution in [1.29, 1.82) is 0 Å². The van der Waals surface area contributed by atoms with Crippen LogP contribution in [0.25, 0.3) is 0 Å². The van der Waals surface area contributed by atoms with E-state index >= 15 is 0 Å². The molecule has 1 unspecified atom stereocenters. The highest BCUT2D eigenvalue weighted by Crippen LogP contribution is 2.21. The summed E-state index contributed by atoms with van der Waals surface area (Å²) in [6.45, 7) is 4.78. The maximum Gasteiger partial charge on any atom is 0.305 e. The monoisotopic (exact) mass is 390 g/mol. The third-order valence-corrected chi connectivity index (χ3v) is 6.18. The topological polar surface area (TPSA) is 104 Å². The van der Waals surface area contributed by atoms with E-state index in [2.05, 4.69) is 5.32 Å². The Labute approximate surface area is 153 Å². The first-order valence-corrected chi connectivity index (χ1v) is 9.45. The van der Waals surface area contributed by atoms with Crippen LogP contribution in [0.5, 0.6) is 0 Å². The summed E-state index contributed by atoms with van der Waals surface area (Å²) in [5.41, 5.74) is -0.978. The molecule has 0 saturated heterocycles. The van der Waals surface area contributed by atoms with E-state index < -0.39 is 34.0 Å². The lowest BCUT2D eigenvalue weighted by Crippen LogP contribution is -2.53. The molecule has 2 N–H and O–H groups in total. The molecule has 0 aliphatic carbocycles. The number of likely N-dealkylation sites (N-methyl/N-ethyl adjacent to an activating group) is 1. The minimum absolute atomic E-state index is 0.0179. The molecule has 0 saturated carbocycles. The van der Waals surface area contributed by atoms with Gasteiger partial charge in [-0.15, -0.1) is 0 Å². The summed E-state index contributed by atoms with van der Waals surface area (Å²) in [4.78, 5) is 23.3. The summed E-state index contributed by atoms with van der Waals surface area (Å²) in [5, 5.41) is 12.1. The number of halogens is 1. The van der Waals surface area contributed by atoms with Crippen molar-refractivity contribution in [1.82, 2.24) is 9.62 Å². The molecule has 0 bridgehead atoms. The first-order chi connectivity index (χ1) is 11.4. The number of nitrogens with one attached hydrogen (secondary N) is 1. The molecule has 9 heteroatoms. The SMILES string of the molecule is CC(C)C(C)(CC(=O)O)NC(=O)CN(C)S(=O)(=O)c1ccc(Cl)cc1. The van der Waals surface area contributed by atoms with Gasteiger partial charge in [0.25, 0.3) is 0 Å². The Balaban J connectivity index is 2.87. The van der Waals surface area contributed by atoms with Gasteiger partial charge in [0, 0.05) is 17.6 Å². The zero-order valence-electron chi connectivity index (χ0n) is 14.6. The Morgan fingerprint density at radius 3 is 2.24 bits per heavy atom. The van der Waals surface area contributed by atoms with Crippen LogP contribution in [0, 0.1) is 5.92 Å². The first kappa shape index (κ1) is 21.4. The number of hydrogen-bond acceptors (Lipinski definition) is 4. The van der Waals surface area contributed by atoms with Crippen LogP contribution in [0.4, 0.5) is 0 Å². The minimum atomic E-state index is -3.85. The number of carboxylic acid groups (broad SMARTS) is 1. The largest absolute Gasteiger partial charge is 0.481 e. The molecular weight excluding hydrogens is 368 g/mol. The van der Waals surface area contributed by atoms with Crippen LogP contribution < -0.4 is 5.32 Å². The normalized spacial score (nSPS) is 14.4. The number of sulfonamides is 1. The maximum absolute atomic E-state index is 12.5. The van der Waals surface area contributed by atoms with Crippen LogP contribution in [-0.2, 0) is 19.6 Å². The fourth-order valence-corrected chi connectivity index (χ4v) is 3.39.